The van der Waals surface area contributed by atoms with Gasteiger partial charge in [-0.2, -0.15) is 0 Å². The number of carbonyl (C=O) groups is 2. The van der Waals surface area contributed by atoms with Gasteiger partial charge < -0.3 is 0 Å². The Morgan fingerprint density at radius 3 is 2.26 bits per heavy atom. The van der Waals surface area contributed by atoms with Crippen LogP contribution in [0.3, 0.4) is 0 Å². The molecule has 2 aromatic heterocycles. The Bertz CT molecular complexity index is 1400. The number of fused-ring (bicyclic) bond motifs is 2. The van der Waals surface area contributed by atoms with E-state index in [4.69, 9.17) is 0 Å². The quantitative estimate of drug-likeness (QED) is 0.459. The molecule has 0 N–H and O–H groups in total. The number of imide groups is 1. The maximum Gasteiger partial charge on any atom is 0.262 e. The molecule has 31 heavy (non-hydrogen) atoms. The van der Waals surface area contributed by atoms with Crippen LogP contribution < -0.4 is 5.56 Å². The third-order valence-electron chi connectivity index (χ3n) is 5.82. The van der Waals surface area contributed by atoms with Gasteiger partial charge in [0, 0.05) is 24.0 Å². The zero-order valence-electron chi connectivity index (χ0n) is 17.1. The van der Waals surface area contributed by atoms with Crippen LogP contribution in [0.25, 0.3) is 21.3 Å². The standard InChI is InChI=1S/C24H19N3O3S/c1-14-7-8-16(11-15(14)2)19-12-31-21-20(19)24(30)26(13-25-21)9-10-27-22(28)17-5-3-4-6-18(17)23(27)29/h3-8,11-13H,9-10H2,1-2H3. The predicted molar refractivity (Wildman–Crippen MR) is 121 cm³/mol. The molecule has 1 aliphatic heterocycles. The van der Waals surface area contributed by atoms with Gasteiger partial charge in [0.15, 0.2) is 0 Å². The van der Waals surface area contributed by atoms with Crippen LogP contribution in [0.4, 0.5) is 0 Å². The van der Waals surface area contributed by atoms with Gasteiger partial charge in [-0.3, -0.25) is 23.9 Å². The fraction of sp³-hybridized carbons (Fsp3) is 0.167. The fourth-order valence-electron chi connectivity index (χ4n) is 3.90. The third-order valence-corrected chi connectivity index (χ3v) is 6.71. The van der Waals surface area contributed by atoms with Crippen molar-refractivity contribution in [3.05, 3.63) is 86.8 Å². The average Bonchev–Trinajstić information content (AvgIpc) is 3.31. The molecule has 0 bridgehead atoms. The van der Waals surface area contributed by atoms with Gasteiger partial charge in [-0.1, -0.05) is 30.3 Å². The van der Waals surface area contributed by atoms with Crippen molar-refractivity contribution in [3.8, 4) is 11.1 Å². The first kappa shape index (κ1) is 19.4. The molecule has 0 unspecified atom stereocenters. The highest BCUT2D eigenvalue weighted by Gasteiger charge is 2.34. The molecule has 2 aromatic carbocycles. The van der Waals surface area contributed by atoms with Gasteiger partial charge in [-0.05, 0) is 42.7 Å². The van der Waals surface area contributed by atoms with Crippen LogP contribution in [0, 0.1) is 13.8 Å². The van der Waals surface area contributed by atoms with Crippen molar-refractivity contribution in [1.82, 2.24) is 14.5 Å². The first-order chi connectivity index (χ1) is 15.0. The lowest BCUT2D eigenvalue weighted by molar-refractivity contribution is 0.0648. The fourth-order valence-corrected chi connectivity index (χ4v) is 4.80. The summed E-state index contributed by atoms with van der Waals surface area (Å²) in [4.78, 5) is 44.7. The smallest absolute Gasteiger partial charge is 0.262 e. The van der Waals surface area contributed by atoms with Crippen molar-refractivity contribution in [2.75, 3.05) is 6.54 Å². The summed E-state index contributed by atoms with van der Waals surface area (Å²) in [5, 5.41) is 2.52. The molecule has 0 aliphatic carbocycles. The van der Waals surface area contributed by atoms with Crippen LogP contribution in [0.2, 0.25) is 0 Å². The second kappa shape index (κ2) is 7.28. The molecule has 0 radical (unpaired) electrons. The van der Waals surface area contributed by atoms with Gasteiger partial charge in [0.05, 0.1) is 22.8 Å². The van der Waals surface area contributed by atoms with E-state index in [0.717, 1.165) is 16.7 Å². The number of benzene rings is 2. The van der Waals surface area contributed by atoms with Crippen LogP contribution in [-0.2, 0) is 6.54 Å². The molecular weight excluding hydrogens is 410 g/mol. The minimum absolute atomic E-state index is 0.114. The van der Waals surface area contributed by atoms with Crippen molar-refractivity contribution >= 4 is 33.4 Å². The highest BCUT2D eigenvalue weighted by atomic mass is 32.1. The molecule has 0 atom stereocenters. The van der Waals surface area contributed by atoms with E-state index in [9.17, 15) is 14.4 Å². The first-order valence-electron chi connectivity index (χ1n) is 9.95. The summed E-state index contributed by atoms with van der Waals surface area (Å²) in [6, 6.07) is 12.9. The number of nitrogens with zero attached hydrogens (tertiary/aromatic N) is 3. The van der Waals surface area contributed by atoms with Gasteiger partial charge in [-0.25, -0.2) is 4.98 Å². The van der Waals surface area contributed by atoms with E-state index >= 15 is 0 Å². The van der Waals surface area contributed by atoms with Gasteiger partial charge in [0.1, 0.15) is 4.83 Å². The van der Waals surface area contributed by atoms with Crippen molar-refractivity contribution in [3.63, 3.8) is 0 Å². The summed E-state index contributed by atoms with van der Waals surface area (Å²) in [6.45, 7) is 4.41. The summed E-state index contributed by atoms with van der Waals surface area (Å²) in [7, 11) is 0. The van der Waals surface area contributed by atoms with Gasteiger partial charge in [-0.15, -0.1) is 11.3 Å². The zero-order chi connectivity index (χ0) is 21.7. The third kappa shape index (κ3) is 3.09. The van der Waals surface area contributed by atoms with E-state index in [-0.39, 0.29) is 30.5 Å². The molecule has 154 valence electrons. The SMILES string of the molecule is Cc1ccc(-c2csc3ncn(CCN4C(=O)c5ccccc5C4=O)c(=O)c23)cc1C. The van der Waals surface area contributed by atoms with E-state index in [0.29, 0.717) is 21.3 Å². The van der Waals surface area contributed by atoms with Gasteiger partial charge >= 0.3 is 0 Å². The molecule has 5 rings (SSSR count). The maximum absolute atomic E-state index is 13.3. The minimum atomic E-state index is -0.325. The Morgan fingerprint density at radius 1 is 0.871 bits per heavy atom. The molecule has 3 heterocycles. The maximum atomic E-state index is 13.3. The summed E-state index contributed by atoms with van der Waals surface area (Å²) in [6.07, 6.45) is 1.49. The summed E-state index contributed by atoms with van der Waals surface area (Å²) >= 11 is 1.43. The van der Waals surface area contributed by atoms with Crippen LogP contribution in [0.1, 0.15) is 31.8 Å². The number of aromatic nitrogens is 2. The largest absolute Gasteiger partial charge is 0.297 e. The van der Waals surface area contributed by atoms with Gasteiger partial charge in [0.2, 0.25) is 0 Å². The number of thiophene rings is 1. The average molecular weight is 430 g/mol. The normalized spacial score (nSPS) is 13.3. The Balaban J connectivity index is 1.47. The van der Waals surface area contributed by atoms with Gasteiger partial charge in [0.25, 0.3) is 17.4 Å². The number of aryl methyl sites for hydroxylation is 2. The van der Waals surface area contributed by atoms with E-state index in [1.807, 2.05) is 24.4 Å². The zero-order valence-corrected chi connectivity index (χ0v) is 17.9. The number of rotatable bonds is 4. The van der Waals surface area contributed by atoms with E-state index in [2.05, 4.69) is 18.0 Å². The predicted octanol–water partition coefficient (Wildman–Crippen LogP) is 4.04. The highest BCUT2D eigenvalue weighted by molar-refractivity contribution is 7.17. The minimum Gasteiger partial charge on any atom is -0.297 e. The molecule has 0 saturated heterocycles. The molecule has 4 aromatic rings. The molecular formula is C24H19N3O3S. The van der Waals surface area contributed by atoms with Crippen LogP contribution in [0.15, 0.2) is 59.0 Å². The Kier molecular flexibility index (Phi) is 4.55. The molecule has 1 aliphatic rings. The second-order valence-electron chi connectivity index (χ2n) is 7.68. The second-order valence-corrected chi connectivity index (χ2v) is 8.54. The molecule has 0 spiro atoms. The van der Waals surface area contributed by atoms with E-state index < -0.39 is 0 Å². The van der Waals surface area contributed by atoms with Crippen LogP contribution >= 0.6 is 11.3 Å². The lowest BCUT2D eigenvalue weighted by Crippen LogP contribution is -2.35. The molecule has 2 amide bonds. The number of hydrogen-bond acceptors (Lipinski definition) is 5. The van der Waals surface area contributed by atoms with Crippen molar-refractivity contribution in [1.29, 1.82) is 0 Å². The lowest BCUT2D eigenvalue weighted by Gasteiger charge is -2.14. The lowest BCUT2D eigenvalue weighted by atomic mass is 10.0. The van der Waals surface area contributed by atoms with E-state index in [1.165, 1.54) is 32.7 Å². The number of carbonyl (C=O) groups excluding carboxylic acids is 2. The van der Waals surface area contributed by atoms with Crippen LogP contribution in [-0.4, -0.2) is 32.8 Å². The Hall–Kier alpha value is -3.58. The molecule has 7 heteroatoms. The van der Waals surface area contributed by atoms with Crippen molar-refractivity contribution in [2.45, 2.75) is 20.4 Å². The van der Waals surface area contributed by atoms with Crippen molar-refractivity contribution in [2.24, 2.45) is 0 Å². The van der Waals surface area contributed by atoms with Crippen molar-refractivity contribution < 1.29 is 9.59 Å². The topological polar surface area (TPSA) is 72.3 Å². The molecule has 6 nitrogen and oxygen atoms in total. The van der Waals surface area contributed by atoms with E-state index in [1.54, 1.807) is 24.3 Å². The summed E-state index contributed by atoms with van der Waals surface area (Å²) < 4.78 is 1.48. The molecule has 0 fully saturated rings. The molecule has 0 saturated carbocycles. The number of amides is 2. The highest BCUT2D eigenvalue weighted by Crippen LogP contribution is 2.31. The Labute approximate surface area is 182 Å². The van der Waals surface area contributed by atoms with Crippen LogP contribution in [0.5, 0.6) is 0 Å². The summed E-state index contributed by atoms with van der Waals surface area (Å²) in [5.41, 5.74) is 4.83. The summed E-state index contributed by atoms with van der Waals surface area (Å²) in [5.74, 6) is -0.650. The first-order valence-corrected chi connectivity index (χ1v) is 10.8. The number of hydrogen-bond donors (Lipinski definition) is 0. The Morgan fingerprint density at radius 2 is 1.58 bits per heavy atom. The monoisotopic (exact) mass is 429 g/mol.